The molecule has 1 heterocycles. The molecule has 0 unspecified atom stereocenters. The molecule has 1 saturated carbocycles. The Morgan fingerprint density at radius 1 is 1.53 bits per heavy atom. The largest absolute Gasteiger partial charge is 0.394 e. The Morgan fingerprint density at radius 2 is 2.24 bits per heavy atom. The Hall–Kier alpha value is -1.62. The van der Waals surface area contributed by atoms with E-state index in [0.717, 1.165) is 12.8 Å². The smallest absolute Gasteiger partial charge is 0.254 e. The number of anilines is 1. The standard InChI is InChI=1S/C12H17N3O2/c1-15(2)11(17)9-3-4-10(13-7-9)14-12(8-16)5-6-12/h3-4,7,16H,5-6,8H2,1-2H3,(H,13,14). The van der Waals surface area contributed by atoms with E-state index in [1.165, 1.54) is 4.90 Å². The number of hydrogen-bond donors (Lipinski definition) is 2. The molecule has 92 valence electrons. The first-order valence-electron chi connectivity index (χ1n) is 5.63. The van der Waals surface area contributed by atoms with Crippen LogP contribution in [0.25, 0.3) is 0 Å². The molecule has 17 heavy (non-hydrogen) atoms. The minimum absolute atomic E-state index is 0.0626. The van der Waals surface area contributed by atoms with Crippen LogP contribution in [0.2, 0.25) is 0 Å². The second kappa shape index (κ2) is 4.33. The van der Waals surface area contributed by atoms with Gasteiger partial charge in [-0.25, -0.2) is 4.98 Å². The van der Waals surface area contributed by atoms with Gasteiger partial charge in [-0.2, -0.15) is 0 Å². The van der Waals surface area contributed by atoms with E-state index in [1.807, 2.05) is 0 Å². The maximum Gasteiger partial charge on any atom is 0.254 e. The third-order valence-corrected chi connectivity index (χ3v) is 2.97. The van der Waals surface area contributed by atoms with E-state index < -0.39 is 0 Å². The number of aliphatic hydroxyl groups is 1. The van der Waals surface area contributed by atoms with Crippen LogP contribution in [0, 0.1) is 0 Å². The summed E-state index contributed by atoms with van der Waals surface area (Å²) in [6.45, 7) is 0.118. The average Bonchev–Trinajstić information content (AvgIpc) is 3.09. The lowest BCUT2D eigenvalue weighted by Gasteiger charge is -2.15. The van der Waals surface area contributed by atoms with Gasteiger partial charge >= 0.3 is 0 Å². The number of carbonyl (C=O) groups excluding carboxylic acids is 1. The lowest BCUT2D eigenvalue weighted by molar-refractivity contribution is 0.0827. The lowest BCUT2D eigenvalue weighted by atomic mass is 10.2. The maximum atomic E-state index is 11.6. The Kier molecular flexibility index (Phi) is 3.02. The summed E-state index contributed by atoms with van der Waals surface area (Å²) in [5.41, 5.74) is 0.384. The number of nitrogens with zero attached hydrogens (tertiary/aromatic N) is 2. The quantitative estimate of drug-likeness (QED) is 0.807. The van der Waals surface area contributed by atoms with Crippen molar-refractivity contribution >= 4 is 11.7 Å². The highest BCUT2D eigenvalue weighted by molar-refractivity contribution is 5.93. The first-order chi connectivity index (χ1) is 8.06. The Balaban J connectivity index is 2.05. The van der Waals surface area contributed by atoms with E-state index in [2.05, 4.69) is 10.3 Å². The minimum atomic E-state index is -0.180. The van der Waals surface area contributed by atoms with Crippen molar-refractivity contribution in [2.24, 2.45) is 0 Å². The third-order valence-electron chi connectivity index (χ3n) is 2.97. The summed E-state index contributed by atoms with van der Waals surface area (Å²) in [6.07, 6.45) is 3.48. The zero-order chi connectivity index (χ0) is 12.5. The molecule has 0 atom stereocenters. The summed E-state index contributed by atoms with van der Waals surface area (Å²) in [7, 11) is 3.42. The second-order valence-corrected chi connectivity index (χ2v) is 4.70. The Bertz CT molecular complexity index is 410. The molecule has 0 saturated heterocycles. The number of pyridine rings is 1. The molecular formula is C12H17N3O2. The molecule has 1 aromatic heterocycles. The summed E-state index contributed by atoms with van der Waals surface area (Å²) in [4.78, 5) is 17.3. The van der Waals surface area contributed by atoms with Crippen molar-refractivity contribution in [2.45, 2.75) is 18.4 Å². The van der Waals surface area contributed by atoms with Gasteiger partial charge in [-0.15, -0.1) is 0 Å². The Labute approximate surface area is 100 Å². The summed E-state index contributed by atoms with van der Waals surface area (Å²) in [5.74, 6) is 0.638. The van der Waals surface area contributed by atoms with Gasteiger partial charge in [0.2, 0.25) is 0 Å². The van der Waals surface area contributed by atoms with Crippen LogP contribution < -0.4 is 5.32 Å². The van der Waals surface area contributed by atoms with Crippen LogP contribution in [-0.4, -0.2) is 47.1 Å². The van der Waals surface area contributed by atoms with Gasteiger partial charge < -0.3 is 15.3 Å². The fraction of sp³-hybridized carbons (Fsp3) is 0.500. The van der Waals surface area contributed by atoms with Crippen LogP contribution in [0.3, 0.4) is 0 Å². The van der Waals surface area contributed by atoms with E-state index >= 15 is 0 Å². The van der Waals surface area contributed by atoms with Gasteiger partial charge in [0.25, 0.3) is 5.91 Å². The zero-order valence-electron chi connectivity index (χ0n) is 10.1. The number of hydrogen-bond acceptors (Lipinski definition) is 4. The van der Waals surface area contributed by atoms with Crippen molar-refractivity contribution in [2.75, 3.05) is 26.0 Å². The normalized spacial score (nSPS) is 16.4. The lowest BCUT2D eigenvalue weighted by Crippen LogP contribution is -2.26. The summed E-state index contributed by atoms with van der Waals surface area (Å²) in [6, 6.07) is 3.51. The molecule has 2 N–H and O–H groups in total. The van der Waals surface area contributed by atoms with Crippen molar-refractivity contribution in [3.8, 4) is 0 Å². The van der Waals surface area contributed by atoms with E-state index in [0.29, 0.717) is 11.4 Å². The first-order valence-corrected chi connectivity index (χ1v) is 5.63. The number of amides is 1. The van der Waals surface area contributed by atoms with Crippen molar-refractivity contribution in [3.63, 3.8) is 0 Å². The number of nitrogens with one attached hydrogen (secondary N) is 1. The van der Waals surface area contributed by atoms with Gasteiger partial charge in [0.1, 0.15) is 5.82 Å². The first kappa shape index (κ1) is 11.9. The maximum absolute atomic E-state index is 11.6. The monoisotopic (exact) mass is 235 g/mol. The fourth-order valence-corrected chi connectivity index (χ4v) is 1.60. The van der Waals surface area contributed by atoms with Crippen LogP contribution in [0.15, 0.2) is 18.3 Å². The van der Waals surface area contributed by atoms with Crippen molar-refractivity contribution in [1.82, 2.24) is 9.88 Å². The molecule has 0 radical (unpaired) electrons. The van der Waals surface area contributed by atoms with Crippen LogP contribution in [-0.2, 0) is 0 Å². The molecular weight excluding hydrogens is 218 g/mol. The molecule has 1 aromatic rings. The van der Waals surface area contributed by atoms with Crippen LogP contribution >= 0.6 is 0 Å². The number of rotatable bonds is 4. The summed E-state index contributed by atoms with van der Waals surface area (Å²) in [5, 5.41) is 12.4. The zero-order valence-corrected chi connectivity index (χ0v) is 10.1. The van der Waals surface area contributed by atoms with Gasteiger partial charge in [0, 0.05) is 20.3 Å². The molecule has 1 aliphatic carbocycles. The fourth-order valence-electron chi connectivity index (χ4n) is 1.60. The van der Waals surface area contributed by atoms with Crippen molar-refractivity contribution in [3.05, 3.63) is 23.9 Å². The summed E-state index contributed by atoms with van der Waals surface area (Å²) >= 11 is 0. The van der Waals surface area contributed by atoms with Gasteiger partial charge in [-0.3, -0.25) is 4.79 Å². The molecule has 1 aliphatic rings. The number of aliphatic hydroxyl groups excluding tert-OH is 1. The molecule has 0 aromatic carbocycles. The number of carbonyl (C=O) groups is 1. The second-order valence-electron chi connectivity index (χ2n) is 4.70. The van der Waals surface area contributed by atoms with Gasteiger partial charge in [-0.1, -0.05) is 0 Å². The molecule has 0 aliphatic heterocycles. The van der Waals surface area contributed by atoms with Crippen LogP contribution in [0.5, 0.6) is 0 Å². The molecule has 0 spiro atoms. The minimum Gasteiger partial charge on any atom is -0.394 e. The molecule has 1 fully saturated rings. The van der Waals surface area contributed by atoms with Crippen molar-refractivity contribution in [1.29, 1.82) is 0 Å². The van der Waals surface area contributed by atoms with E-state index in [1.54, 1.807) is 32.4 Å². The predicted molar refractivity (Wildman–Crippen MR) is 64.9 cm³/mol. The highest BCUT2D eigenvalue weighted by atomic mass is 16.3. The van der Waals surface area contributed by atoms with E-state index in [4.69, 9.17) is 0 Å². The highest BCUT2D eigenvalue weighted by Crippen LogP contribution is 2.37. The van der Waals surface area contributed by atoms with Crippen LogP contribution in [0.4, 0.5) is 5.82 Å². The van der Waals surface area contributed by atoms with Gasteiger partial charge in [-0.05, 0) is 25.0 Å². The third kappa shape index (κ3) is 2.55. The molecule has 1 amide bonds. The Morgan fingerprint density at radius 3 is 2.65 bits per heavy atom. The molecule has 5 heteroatoms. The molecule has 5 nitrogen and oxygen atoms in total. The summed E-state index contributed by atoms with van der Waals surface area (Å²) < 4.78 is 0. The topological polar surface area (TPSA) is 65.5 Å². The predicted octanol–water partition coefficient (Wildman–Crippen LogP) is 0.720. The highest BCUT2D eigenvalue weighted by Gasteiger charge is 2.42. The SMILES string of the molecule is CN(C)C(=O)c1ccc(NC2(CO)CC2)nc1. The molecule has 0 bridgehead atoms. The average molecular weight is 235 g/mol. The van der Waals surface area contributed by atoms with Crippen LogP contribution in [0.1, 0.15) is 23.2 Å². The van der Waals surface area contributed by atoms with Gasteiger partial charge in [0.05, 0.1) is 17.7 Å². The van der Waals surface area contributed by atoms with E-state index in [9.17, 15) is 9.90 Å². The van der Waals surface area contributed by atoms with Gasteiger partial charge in [0.15, 0.2) is 0 Å². The van der Waals surface area contributed by atoms with E-state index in [-0.39, 0.29) is 18.1 Å². The molecule has 2 rings (SSSR count). The van der Waals surface area contributed by atoms with Crippen molar-refractivity contribution < 1.29 is 9.90 Å². The number of aromatic nitrogens is 1.